The average Bonchev–Trinajstić information content (AvgIpc) is 2.37. The summed E-state index contributed by atoms with van der Waals surface area (Å²) in [5, 5.41) is 3.18. The van der Waals surface area contributed by atoms with Crippen molar-refractivity contribution in [1.29, 1.82) is 0 Å². The third-order valence-electron chi connectivity index (χ3n) is 3.05. The maximum Gasteiger partial charge on any atom is 0.330 e. The van der Waals surface area contributed by atoms with Crippen LogP contribution in [0.4, 0.5) is 4.39 Å². The molecule has 0 amide bonds. The molecule has 0 bridgehead atoms. The molecule has 19 heavy (non-hydrogen) atoms. The third kappa shape index (κ3) is 4.01. The number of methoxy groups -OCH3 is 1. The summed E-state index contributed by atoms with van der Waals surface area (Å²) >= 11 is 0. The number of ether oxygens (including phenoxy) is 1. The second-order valence-corrected chi connectivity index (χ2v) is 4.85. The molecule has 1 N–H and O–H groups in total. The van der Waals surface area contributed by atoms with Gasteiger partial charge in [0, 0.05) is 13.1 Å². The Morgan fingerprint density at radius 3 is 2.42 bits per heavy atom. The zero-order valence-electron chi connectivity index (χ0n) is 11.9. The van der Waals surface area contributed by atoms with Crippen LogP contribution in [0.1, 0.15) is 12.5 Å². The van der Waals surface area contributed by atoms with Crippen LogP contribution >= 0.6 is 0 Å². The first kappa shape index (κ1) is 15.6. The lowest BCUT2D eigenvalue weighted by molar-refractivity contribution is -0.148. The summed E-state index contributed by atoms with van der Waals surface area (Å²) in [5.41, 5.74) is -0.294. The van der Waals surface area contributed by atoms with Crippen LogP contribution in [0.25, 0.3) is 0 Å². The summed E-state index contributed by atoms with van der Waals surface area (Å²) in [5.74, 6) is -0.720. The van der Waals surface area contributed by atoms with Crippen LogP contribution in [-0.2, 0) is 15.1 Å². The van der Waals surface area contributed by atoms with Crippen molar-refractivity contribution in [3.05, 3.63) is 35.6 Å². The SMILES string of the molecule is COC(=O)C(C)(NCCN(C)C)c1ccc(F)cc1. The highest BCUT2D eigenvalue weighted by molar-refractivity contribution is 5.82. The van der Waals surface area contributed by atoms with E-state index in [1.165, 1.54) is 19.2 Å². The van der Waals surface area contributed by atoms with Gasteiger partial charge >= 0.3 is 5.97 Å². The molecule has 1 atom stereocenters. The van der Waals surface area contributed by atoms with Gasteiger partial charge < -0.3 is 9.64 Å². The largest absolute Gasteiger partial charge is 0.467 e. The number of rotatable bonds is 6. The standard InChI is InChI=1S/C14H21FN2O2/c1-14(13(18)19-4,16-9-10-17(2)3)11-5-7-12(15)8-6-11/h5-8,16H,9-10H2,1-4H3. The summed E-state index contributed by atoms with van der Waals surface area (Å²) in [6, 6.07) is 5.86. The molecule has 1 unspecified atom stereocenters. The molecular formula is C14H21FN2O2. The van der Waals surface area contributed by atoms with E-state index < -0.39 is 11.5 Å². The molecule has 106 valence electrons. The van der Waals surface area contributed by atoms with Crippen molar-refractivity contribution >= 4 is 5.97 Å². The van der Waals surface area contributed by atoms with Crippen molar-refractivity contribution in [2.24, 2.45) is 0 Å². The molecular weight excluding hydrogens is 247 g/mol. The van der Waals surface area contributed by atoms with Crippen molar-refractivity contribution in [2.45, 2.75) is 12.5 Å². The van der Waals surface area contributed by atoms with Crippen molar-refractivity contribution in [3.63, 3.8) is 0 Å². The van der Waals surface area contributed by atoms with Crippen molar-refractivity contribution in [3.8, 4) is 0 Å². The van der Waals surface area contributed by atoms with E-state index in [9.17, 15) is 9.18 Å². The lowest BCUT2D eigenvalue weighted by Crippen LogP contribution is -2.49. The lowest BCUT2D eigenvalue weighted by atomic mass is 9.92. The summed E-state index contributed by atoms with van der Waals surface area (Å²) in [4.78, 5) is 14.0. The highest BCUT2D eigenvalue weighted by Gasteiger charge is 2.35. The molecule has 0 spiro atoms. The topological polar surface area (TPSA) is 41.6 Å². The van der Waals surface area contributed by atoms with E-state index in [-0.39, 0.29) is 5.82 Å². The van der Waals surface area contributed by atoms with E-state index in [4.69, 9.17) is 4.74 Å². The minimum absolute atomic E-state index is 0.329. The van der Waals surface area contributed by atoms with Crippen LogP contribution in [0, 0.1) is 5.82 Å². The predicted octanol–water partition coefficient (Wildman–Crippen LogP) is 1.37. The molecule has 0 saturated heterocycles. The summed E-state index contributed by atoms with van der Waals surface area (Å²) in [6.07, 6.45) is 0. The van der Waals surface area contributed by atoms with Gasteiger partial charge in [-0.1, -0.05) is 12.1 Å². The molecule has 0 aliphatic carbocycles. The van der Waals surface area contributed by atoms with Crippen LogP contribution in [0.3, 0.4) is 0 Å². The second-order valence-electron chi connectivity index (χ2n) is 4.85. The molecule has 0 fully saturated rings. The molecule has 1 aromatic rings. The highest BCUT2D eigenvalue weighted by atomic mass is 19.1. The van der Waals surface area contributed by atoms with Crippen LogP contribution in [-0.4, -0.2) is 45.2 Å². The number of hydrogen-bond acceptors (Lipinski definition) is 4. The lowest BCUT2D eigenvalue weighted by Gasteiger charge is -2.29. The van der Waals surface area contributed by atoms with Gasteiger partial charge in [-0.25, -0.2) is 9.18 Å². The molecule has 0 saturated carbocycles. The number of nitrogens with one attached hydrogen (secondary N) is 1. The number of likely N-dealkylation sites (N-methyl/N-ethyl adjacent to an activating group) is 1. The Bertz CT molecular complexity index is 420. The highest BCUT2D eigenvalue weighted by Crippen LogP contribution is 2.22. The first-order valence-corrected chi connectivity index (χ1v) is 6.14. The van der Waals surface area contributed by atoms with Gasteiger partial charge in [-0.15, -0.1) is 0 Å². The van der Waals surface area contributed by atoms with Gasteiger partial charge in [-0.2, -0.15) is 0 Å². The Hall–Kier alpha value is -1.46. The number of carbonyl (C=O) groups excluding carboxylic acids is 1. The van der Waals surface area contributed by atoms with Crippen LogP contribution in [0.2, 0.25) is 0 Å². The van der Waals surface area contributed by atoms with E-state index in [1.54, 1.807) is 19.1 Å². The molecule has 0 aromatic heterocycles. The van der Waals surface area contributed by atoms with Crippen molar-refractivity contribution in [2.75, 3.05) is 34.3 Å². The molecule has 5 heteroatoms. The average molecular weight is 268 g/mol. The number of nitrogens with zero attached hydrogens (tertiary/aromatic N) is 1. The van der Waals surface area contributed by atoms with E-state index in [2.05, 4.69) is 5.32 Å². The Kier molecular flexibility index (Phi) is 5.44. The van der Waals surface area contributed by atoms with E-state index in [0.29, 0.717) is 12.1 Å². The second kappa shape index (κ2) is 6.63. The Balaban J connectivity index is 2.92. The smallest absolute Gasteiger partial charge is 0.330 e. The van der Waals surface area contributed by atoms with Crippen molar-refractivity contribution in [1.82, 2.24) is 10.2 Å². The summed E-state index contributed by atoms with van der Waals surface area (Å²) in [6.45, 7) is 3.14. The number of hydrogen-bond donors (Lipinski definition) is 1. The third-order valence-corrected chi connectivity index (χ3v) is 3.05. The molecule has 1 rings (SSSR count). The van der Waals surface area contributed by atoms with Crippen LogP contribution in [0.5, 0.6) is 0 Å². The Labute approximate surface area is 113 Å². The zero-order valence-corrected chi connectivity index (χ0v) is 11.9. The summed E-state index contributed by atoms with van der Waals surface area (Å²) < 4.78 is 17.8. The minimum atomic E-state index is -0.974. The minimum Gasteiger partial charge on any atom is -0.467 e. The van der Waals surface area contributed by atoms with Gasteiger partial charge in [0.05, 0.1) is 7.11 Å². The zero-order chi connectivity index (χ0) is 14.5. The molecule has 0 aliphatic heterocycles. The van der Waals surface area contributed by atoms with Gasteiger partial charge in [0.15, 0.2) is 0 Å². The normalized spacial score (nSPS) is 14.2. The number of carbonyl (C=O) groups is 1. The van der Waals surface area contributed by atoms with Gasteiger partial charge in [-0.3, -0.25) is 5.32 Å². The van der Waals surface area contributed by atoms with Gasteiger partial charge in [-0.05, 0) is 38.7 Å². The monoisotopic (exact) mass is 268 g/mol. The predicted molar refractivity (Wildman–Crippen MR) is 72.3 cm³/mol. The first-order valence-electron chi connectivity index (χ1n) is 6.14. The fourth-order valence-electron chi connectivity index (χ4n) is 1.81. The number of halogens is 1. The van der Waals surface area contributed by atoms with Crippen LogP contribution in [0.15, 0.2) is 24.3 Å². The Morgan fingerprint density at radius 1 is 1.37 bits per heavy atom. The fraction of sp³-hybridized carbons (Fsp3) is 0.500. The molecule has 0 aliphatic rings. The maximum absolute atomic E-state index is 13.0. The molecule has 0 radical (unpaired) electrons. The van der Waals surface area contributed by atoms with E-state index >= 15 is 0 Å². The van der Waals surface area contributed by atoms with Gasteiger partial charge in [0.2, 0.25) is 0 Å². The summed E-state index contributed by atoms with van der Waals surface area (Å²) in [7, 11) is 5.25. The molecule has 0 heterocycles. The van der Waals surface area contributed by atoms with Gasteiger partial charge in [0.1, 0.15) is 11.4 Å². The van der Waals surface area contributed by atoms with Gasteiger partial charge in [0.25, 0.3) is 0 Å². The number of benzene rings is 1. The maximum atomic E-state index is 13.0. The van der Waals surface area contributed by atoms with E-state index in [1.807, 2.05) is 19.0 Å². The molecule has 1 aromatic carbocycles. The quantitative estimate of drug-likeness (QED) is 0.791. The molecule has 4 nitrogen and oxygen atoms in total. The van der Waals surface area contributed by atoms with Crippen LogP contribution < -0.4 is 5.32 Å². The number of esters is 1. The van der Waals surface area contributed by atoms with E-state index in [0.717, 1.165) is 6.54 Å². The first-order chi connectivity index (χ1) is 8.90. The Morgan fingerprint density at radius 2 is 1.95 bits per heavy atom. The van der Waals surface area contributed by atoms with Crippen molar-refractivity contribution < 1.29 is 13.9 Å². The fourth-order valence-corrected chi connectivity index (χ4v) is 1.81.